The van der Waals surface area contributed by atoms with Gasteiger partial charge in [-0.05, 0) is 24.6 Å². The molecule has 1 atom stereocenters. The molecule has 0 aliphatic rings. The maximum atomic E-state index is 6.27. The van der Waals surface area contributed by atoms with Gasteiger partial charge in [-0.2, -0.15) is 0 Å². The maximum Gasteiger partial charge on any atom is 0.0637 e. The van der Waals surface area contributed by atoms with Crippen molar-refractivity contribution in [3.63, 3.8) is 0 Å². The van der Waals surface area contributed by atoms with E-state index in [2.05, 4.69) is 4.90 Å². The summed E-state index contributed by atoms with van der Waals surface area (Å²) >= 11 is 6.27. The molecule has 0 aliphatic carbocycles. The van der Waals surface area contributed by atoms with Gasteiger partial charge >= 0.3 is 0 Å². The van der Waals surface area contributed by atoms with Crippen molar-refractivity contribution in [2.24, 2.45) is 5.73 Å². The Bertz CT molecular complexity index is 378. The van der Waals surface area contributed by atoms with Crippen LogP contribution in [0.25, 0.3) is 0 Å². The minimum Gasteiger partial charge on any atom is -0.383 e. The predicted octanol–water partition coefficient (Wildman–Crippen LogP) is 2.46. The number of ether oxygens (including phenoxy) is 2. The van der Waals surface area contributed by atoms with Crippen LogP contribution in [0.2, 0.25) is 5.02 Å². The number of benzene rings is 1. The molecule has 4 nitrogen and oxygen atoms in total. The zero-order valence-electron chi connectivity index (χ0n) is 11.9. The molecule has 5 heteroatoms. The number of rotatable bonds is 8. The predicted molar refractivity (Wildman–Crippen MR) is 80.0 cm³/mol. The van der Waals surface area contributed by atoms with E-state index in [-0.39, 0.29) is 6.04 Å². The van der Waals surface area contributed by atoms with Crippen LogP contribution in [-0.2, 0) is 9.47 Å². The molecule has 1 rings (SSSR count). The molecule has 0 saturated heterocycles. The minimum atomic E-state index is -0.0621. The van der Waals surface area contributed by atoms with Crippen LogP contribution in [0.1, 0.15) is 18.5 Å². The third-order valence-corrected chi connectivity index (χ3v) is 3.30. The van der Waals surface area contributed by atoms with E-state index in [0.29, 0.717) is 18.2 Å². The molecule has 1 unspecified atom stereocenters. The maximum absolute atomic E-state index is 6.27. The second kappa shape index (κ2) is 8.38. The van der Waals surface area contributed by atoms with Crippen molar-refractivity contribution in [3.05, 3.63) is 28.8 Å². The average molecular weight is 287 g/mol. The van der Waals surface area contributed by atoms with Crippen molar-refractivity contribution < 1.29 is 9.47 Å². The van der Waals surface area contributed by atoms with Crippen LogP contribution in [0, 0.1) is 0 Å². The molecule has 0 saturated carbocycles. The largest absolute Gasteiger partial charge is 0.383 e. The summed E-state index contributed by atoms with van der Waals surface area (Å²) in [6.45, 7) is 4.85. The van der Waals surface area contributed by atoms with Crippen LogP contribution in [0.15, 0.2) is 18.2 Å². The number of methoxy groups -OCH3 is 2. The first kappa shape index (κ1) is 16.2. The SMILES string of the molecule is COCCN(CCOC)c1ccc(C(C)N)c(Cl)c1. The van der Waals surface area contributed by atoms with E-state index in [4.69, 9.17) is 26.8 Å². The Labute approximate surface area is 120 Å². The molecule has 1 aromatic carbocycles. The monoisotopic (exact) mass is 286 g/mol. The zero-order valence-corrected chi connectivity index (χ0v) is 12.6. The number of halogens is 1. The molecular weight excluding hydrogens is 264 g/mol. The van der Waals surface area contributed by atoms with E-state index < -0.39 is 0 Å². The van der Waals surface area contributed by atoms with E-state index >= 15 is 0 Å². The van der Waals surface area contributed by atoms with Gasteiger partial charge in [-0.15, -0.1) is 0 Å². The lowest BCUT2D eigenvalue weighted by atomic mass is 10.1. The number of nitrogens with two attached hydrogens (primary N) is 1. The van der Waals surface area contributed by atoms with Gasteiger partial charge in [0.2, 0.25) is 0 Å². The van der Waals surface area contributed by atoms with Crippen molar-refractivity contribution in [1.29, 1.82) is 0 Å². The molecule has 108 valence electrons. The highest BCUT2D eigenvalue weighted by Crippen LogP contribution is 2.26. The van der Waals surface area contributed by atoms with E-state index in [1.807, 2.05) is 25.1 Å². The van der Waals surface area contributed by atoms with Crippen molar-refractivity contribution in [2.75, 3.05) is 45.4 Å². The second-order valence-corrected chi connectivity index (χ2v) is 4.87. The van der Waals surface area contributed by atoms with Crippen LogP contribution < -0.4 is 10.6 Å². The summed E-state index contributed by atoms with van der Waals surface area (Å²) in [5.74, 6) is 0. The number of hydrogen-bond donors (Lipinski definition) is 1. The average Bonchev–Trinajstić information content (AvgIpc) is 2.38. The Morgan fingerprint density at radius 1 is 1.21 bits per heavy atom. The molecular formula is C14H23ClN2O2. The lowest BCUT2D eigenvalue weighted by Gasteiger charge is -2.25. The smallest absolute Gasteiger partial charge is 0.0637 e. The van der Waals surface area contributed by atoms with E-state index in [1.165, 1.54) is 0 Å². The normalized spacial score (nSPS) is 12.5. The molecule has 19 heavy (non-hydrogen) atoms. The van der Waals surface area contributed by atoms with E-state index in [9.17, 15) is 0 Å². The molecule has 0 radical (unpaired) electrons. The molecule has 1 aromatic rings. The fraction of sp³-hybridized carbons (Fsp3) is 0.571. The first-order chi connectivity index (χ1) is 9.10. The Morgan fingerprint density at radius 3 is 2.21 bits per heavy atom. The van der Waals surface area contributed by atoms with E-state index in [0.717, 1.165) is 24.3 Å². The quantitative estimate of drug-likeness (QED) is 0.797. The van der Waals surface area contributed by atoms with E-state index in [1.54, 1.807) is 14.2 Å². The van der Waals surface area contributed by atoms with Gasteiger partial charge in [0.05, 0.1) is 13.2 Å². The molecule has 0 aliphatic heterocycles. The zero-order chi connectivity index (χ0) is 14.3. The van der Waals surface area contributed by atoms with Gasteiger partial charge in [0.15, 0.2) is 0 Å². The molecule has 0 spiro atoms. The number of nitrogens with zero attached hydrogens (tertiary/aromatic N) is 1. The lowest BCUT2D eigenvalue weighted by Crippen LogP contribution is -2.30. The molecule has 0 fully saturated rings. The summed E-state index contributed by atoms with van der Waals surface area (Å²) in [6, 6.07) is 5.91. The summed E-state index contributed by atoms with van der Waals surface area (Å²) in [7, 11) is 3.39. The molecule has 2 N–H and O–H groups in total. The Morgan fingerprint density at radius 2 is 1.79 bits per heavy atom. The van der Waals surface area contributed by atoms with Crippen molar-refractivity contribution >= 4 is 17.3 Å². The van der Waals surface area contributed by atoms with Crippen LogP contribution in [0.3, 0.4) is 0 Å². The van der Waals surface area contributed by atoms with Gasteiger partial charge < -0.3 is 20.1 Å². The molecule has 0 aromatic heterocycles. The van der Waals surface area contributed by atoms with Crippen LogP contribution in [0.4, 0.5) is 5.69 Å². The van der Waals surface area contributed by atoms with Gasteiger partial charge in [-0.1, -0.05) is 17.7 Å². The lowest BCUT2D eigenvalue weighted by molar-refractivity contribution is 0.190. The first-order valence-corrected chi connectivity index (χ1v) is 6.75. The topological polar surface area (TPSA) is 47.7 Å². The van der Waals surface area contributed by atoms with Crippen molar-refractivity contribution in [1.82, 2.24) is 0 Å². The van der Waals surface area contributed by atoms with Gasteiger partial charge in [0.25, 0.3) is 0 Å². The van der Waals surface area contributed by atoms with Crippen LogP contribution in [0.5, 0.6) is 0 Å². The van der Waals surface area contributed by atoms with Gasteiger partial charge in [-0.3, -0.25) is 0 Å². The summed E-state index contributed by atoms with van der Waals surface area (Å²) in [5.41, 5.74) is 7.88. The standard InChI is InChI=1S/C14H23ClN2O2/c1-11(16)13-5-4-12(10-14(13)15)17(6-8-18-2)7-9-19-3/h4-5,10-11H,6-9,16H2,1-3H3. The summed E-state index contributed by atoms with van der Waals surface area (Å²) in [4.78, 5) is 2.18. The summed E-state index contributed by atoms with van der Waals surface area (Å²) < 4.78 is 10.3. The Hall–Kier alpha value is -0.810. The number of hydrogen-bond acceptors (Lipinski definition) is 4. The van der Waals surface area contributed by atoms with Crippen molar-refractivity contribution in [3.8, 4) is 0 Å². The summed E-state index contributed by atoms with van der Waals surface area (Å²) in [5, 5.41) is 0.701. The van der Waals surface area contributed by atoms with Crippen LogP contribution >= 0.6 is 11.6 Å². The highest BCUT2D eigenvalue weighted by Gasteiger charge is 2.10. The first-order valence-electron chi connectivity index (χ1n) is 6.38. The highest BCUT2D eigenvalue weighted by atomic mass is 35.5. The Kier molecular flexibility index (Phi) is 7.16. The molecule has 0 amide bonds. The van der Waals surface area contributed by atoms with Gasteiger partial charge in [-0.25, -0.2) is 0 Å². The Balaban J connectivity index is 2.85. The van der Waals surface area contributed by atoms with Gasteiger partial charge in [0, 0.05) is 44.1 Å². The second-order valence-electron chi connectivity index (χ2n) is 4.47. The number of anilines is 1. The highest BCUT2D eigenvalue weighted by molar-refractivity contribution is 6.31. The molecule has 0 bridgehead atoms. The van der Waals surface area contributed by atoms with Gasteiger partial charge in [0.1, 0.15) is 0 Å². The van der Waals surface area contributed by atoms with Crippen molar-refractivity contribution in [2.45, 2.75) is 13.0 Å². The third kappa shape index (κ3) is 4.99. The summed E-state index contributed by atoms with van der Waals surface area (Å²) in [6.07, 6.45) is 0. The minimum absolute atomic E-state index is 0.0621. The molecule has 0 heterocycles. The fourth-order valence-electron chi connectivity index (χ4n) is 1.85. The third-order valence-electron chi connectivity index (χ3n) is 2.97. The fourth-order valence-corrected chi connectivity index (χ4v) is 2.20. The van der Waals surface area contributed by atoms with Crippen LogP contribution in [-0.4, -0.2) is 40.5 Å².